The molecule has 3 aromatic rings. The Morgan fingerprint density at radius 1 is 1.10 bits per heavy atom. The van der Waals surface area contributed by atoms with E-state index in [1.54, 1.807) is 49.2 Å². The van der Waals surface area contributed by atoms with Gasteiger partial charge in [0.15, 0.2) is 0 Å². The van der Waals surface area contributed by atoms with Gasteiger partial charge in [-0.25, -0.2) is 4.39 Å². The molecule has 1 aromatic heterocycles. The number of hydrogen-bond donors (Lipinski definition) is 2. The second kappa shape index (κ2) is 12.6. The van der Waals surface area contributed by atoms with Crippen LogP contribution in [0, 0.1) is 19.7 Å². The molecule has 10 heteroatoms. The lowest BCUT2D eigenvalue weighted by atomic mass is 10.1. The zero-order chi connectivity index (χ0) is 29.7. The van der Waals surface area contributed by atoms with Crippen LogP contribution in [-0.2, 0) is 16.6 Å². The van der Waals surface area contributed by atoms with Gasteiger partial charge in [0.1, 0.15) is 17.2 Å². The lowest BCUT2D eigenvalue weighted by Crippen LogP contribution is -2.35. The van der Waals surface area contributed by atoms with Crippen LogP contribution in [0.25, 0.3) is 0 Å². The van der Waals surface area contributed by atoms with E-state index in [4.69, 9.17) is 0 Å². The van der Waals surface area contributed by atoms with Crippen molar-refractivity contribution in [2.24, 2.45) is 7.05 Å². The number of benzene rings is 2. The monoisotopic (exact) mass is 549 g/mol. The van der Waals surface area contributed by atoms with Gasteiger partial charge in [0.2, 0.25) is 12.3 Å². The van der Waals surface area contributed by atoms with Crippen LogP contribution in [0.2, 0.25) is 0 Å². The molecule has 1 heterocycles. The lowest BCUT2D eigenvalue weighted by molar-refractivity contribution is -0.114. The van der Waals surface area contributed by atoms with Gasteiger partial charge in [0.05, 0.1) is 17.1 Å². The molecule has 2 aromatic carbocycles. The number of carbonyl (C=O) groups excluding carboxylic acids is 3. The number of pyridine rings is 1. The van der Waals surface area contributed by atoms with Gasteiger partial charge < -0.3 is 15.5 Å². The molecule has 212 valence electrons. The molecule has 0 saturated heterocycles. The van der Waals surface area contributed by atoms with Crippen LogP contribution >= 0.6 is 0 Å². The van der Waals surface area contributed by atoms with E-state index in [-0.39, 0.29) is 40.3 Å². The summed E-state index contributed by atoms with van der Waals surface area (Å²) in [6.45, 7) is 8.65. The molecule has 0 unspecified atom stereocenters. The van der Waals surface area contributed by atoms with Crippen LogP contribution in [0.1, 0.15) is 55.1 Å². The van der Waals surface area contributed by atoms with E-state index < -0.39 is 17.3 Å². The van der Waals surface area contributed by atoms with Gasteiger partial charge in [-0.15, -0.1) is 0 Å². The number of anilines is 5. The summed E-state index contributed by atoms with van der Waals surface area (Å²) in [5, 5.41) is 5.62. The Hall–Kier alpha value is -4.47. The first kappa shape index (κ1) is 30.1. The number of nitrogens with one attached hydrogen (secondary N) is 2. The van der Waals surface area contributed by atoms with Crippen molar-refractivity contribution in [1.29, 1.82) is 0 Å². The molecular formula is C30H36FN5O4. The maximum atomic E-state index is 14.9. The predicted octanol–water partition coefficient (Wildman–Crippen LogP) is 5.40. The van der Waals surface area contributed by atoms with Crippen LogP contribution in [0.15, 0.2) is 47.3 Å². The van der Waals surface area contributed by atoms with Crippen molar-refractivity contribution in [1.82, 2.24) is 9.47 Å². The van der Waals surface area contributed by atoms with Gasteiger partial charge in [0, 0.05) is 38.3 Å². The topological polar surface area (TPSA) is 104 Å². The first-order chi connectivity index (χ1) is 19.0. The van der Waals surface area contributed by atoms with Gasteiger partial charge in [-0.1, -0.05) is 26.0 Å². The summed E-state index contributed by atoms with van der Waals surface area (Å²) in [4.78, 5) is 54.3. The summed E-state index contributed by atoms with van der Waals surface area (Å²) in [5.41, 5.74) is 1.38. The second-order valence-electron chi connectivity index (χ2n) is 9.52. The highest BCUT2D eigenvalue weighted by atomic mass is 19.1. The van der Waals surface area contributed by atoms with Crippen molar-refractivity contribution < 1.29 is 18.8 Å². The molecule has 1 saturated carbocycles. The number of hydrogen-bond acceptors (Lipinski definition) is 5. The molecule has 3 amide bonds. The number of aryl methyl sites for hydroxylation is 1. The Labute approximate surface area is 233 Å². The average molecular weight is 550 g/mol. The molecular weight excluding hydrogens is 513 g/mol. The van der Waals surface area contributed by atoms with Crippen molar-refractivity contribution in [2.45, 2.75) is 53.5 Å². The van der Waals surface area contributed by atoms with Gasteiger partial charge in [-0.05, 0) is 62.6 Å². The van der Waals surface area contributed by atoms with Crippen LogP contribution in [0.3, 0.4) is 0 Å². The van der Waals surface area contributed by atoms with Gasteiger partial charge >= 0.3 is 0 Å². The molecule has 9 nitrogen and oxygen atoms in total. The largest absolute Gasteiger partial charge is 0.339 e. The Bertz CT molecular complexity index is 1500. The quantitative estimate of drug-likeness (QED) is 0.366. The molecule has 0 aliphatic heterocycles. The third-order valence-electron chi connectivity index (χ3n) is 6.59. The van der Waals surface area contributed by atoms with E-state index in [0.717, 1.165) is 12.8 Å². The molecule has 1 aliphatic rings. The Morgan fingerprint density at radius 3 is 2.35 bits per heavy atom. The normalized spacial score (nSPS) is 12.1. The Kier molecular flexibility index (Phi) is 9.47. The predicted molar refractivity (Wildman–Crippen MR) is 156 cm³/mol. The number of amides is 3. The number of aromatic nitrogens is 1. The minimum atomic E-state index is -0.552. The lowest BCUT2D eigenvalue weighted by Gasteiger charge is -2.28. The molecule has 0 bridgehead atoms. The number of rotatable bonds is 8. The smallest absolute Gasteiger partial charge is 0.259 e. The van der Waals surface area contributed by atoms with E-state index in [9.17, 15) is 23.6 Å². The van der Waals surface area contributed by atoms with Crippen molar-refractivity contribution >= 4 is 46.8 Å². The fraction of sp³-hybridized carbons (Fsp3) is 0.333. The summed E-state index contributed by atoms with van der Waals surface area (Å²) in [6.07, 6.45) is 2.19. The van der Waals surface area contributed by atoms with E-state index >= 15 is 0 Å². The number of carbonyl (C=O) groups is 3. The molecule has 4 rings (SSSR count). The fourth-order valence-corrected chi connectivity index (χ4v) is 4.40. The molecule has 0 atom stereocenters. The third-order valence-corrected chi connectivity index (χ3v) is 6.59. The van der Waals surface area contributed by atoms with Crippen LogP contribution in [0.5, 0.6) is 0 Å². The van der Waals surface area contributed by atoms with Gasteiger partial charge in [-0.3, -0.25) is 28.6 Å². The van der Waals surface area contributed by atoms with Crippen molar-refractivity contribution in [3.63, 3.8) is 0 Å². The van der Waals surface area contributed by atoms with Crippen LogP contribution in [-0.4, -0.2) is 40.8 Å². The minimum absolute atomic E-state index is 0.0321. The summed E-state index contributed by atoms with van der Waals surface area (Å²) < 4.78 is 16.1. The van der Waals surface area contributed by atoms with Crippen LogP contribution < -0.4 is 21.1 Å². The highest BCUT2D eigenvalue weighted by Crippen LogP contribution is 2.38. The van der Waals surface area contributed by atoms with Crippen molar-refractivity contribution in [2.75, 3.05) is 22.6 Å². The molecule has 2 N–H and O–H groups in total. The Morgan fingerprint density at radius 2 is 1.77 bits per heavy atom. The summed E-state index contributed by atoms with van der Waals surface area (Å²) in [6, 6.07) is 11.1. The summed E-state index contributed by atoms with van der Waals surface area (Å²) in [5.74, 6) is -1.20. The molecule has 0 radical (unpaired) electrons. The number of nitrogens with zero attached hydrogens (tertiary/aromatic N) is 3. The molecule has 1 aliphatic carbocycles. The van der Waals surface area contributed by atoms with Gasteiger partial charge in [0.25, 0.3) is 11.5 Å². The van der Waals surface area contributed by atoms with E-state index in [0.29, 0.717) is 23.3 Å². The zero-order valence-corrected chi connectivity index (χ0v) is 24.0. The van der Waals surface area contributed by atoms with Crippen LogP contribution in [0.4, 0.5) is 33.0 Å². The minimum Gasteiger partial charge on any atom is -0.339 e. The third kappa shape index (κ3) is 6.22. The highest BCUT2D eigenvalue weighted by molar-refractivity contribution is 6.09. The number of halogens is 1. The van der Waals surface area contributed by atoms with E-state index in [1.165, 1.54) is 42.5 Å². The standard InChI is InChI=1S/C28H30FN5O4.C2H6/c1-16-9-12-23(22(29)13-16)31-26-24(28(38)32(4)20-10-11-20)25(17(2)27(37)33(26)5)34(15-35)21-8-6-7-19(14-21)30-18(3)36;1-2/h6-9,12-15,20,31H,10-11H2,1-5H3,(H,30,36);1-2H3. The van der Waals surface area contributed by atoms with E-state index in [2.05, 4.69) is 10.6 Å². The summed E-state index contributed by atoms with van der Waals surface area (Å²) in [7, 11) is 3.16. The summed E-state index contributed by atoms with van der Waals surface area (Å²) >= 11 is 0. The maximum absolute atomic E-state index is 14.9. The Balaban J connectivity index is 0.00000216. The van der Waals surface area contributed by atoms with Crippen molar-refractivity contribution in [3.05, 3.63) is 75.3 Å². The SMILES string of the molecule is CC.CC(=O)Nc1cccc(N(C=O)c2c(C(=O)N(C)C3CC3)c(Nc3ccc(C)cc3F)n(C)c(=O)c2C)c1. The molecule has 1 fully saturated rings. The average Bonchev–Trinajstić information content (AvgIpc) is 3.77. The highest BCUT2D eigenvalue weighted by Gasteiger charge is 2.35. The zero-order valence-electron chi connectivity index (χ0n) is 24.0. The van der Waals surface area contributed by atoms with Gasteiger partial charge in [-0.2, -0.15) is 0 Å². The second-order valence-corrected chi connectivity index (χ2v) is 9.52. The van der Waals surface area contributed by atoms with E-state index in [1.807, 2.05) is 13.8 Å². The maximum Gasteiger partial charge on any atom is 0.259 e. The molecule has 40 heavy (non-hydrogen) atoms. The fourth-order valence-electron chi connectivity index (χ4n) is 4.40. The molecule has 0 spiro atoms. The van der Waals surface area contributed by atoms with Crippen molar-refractivity contribution in [3.8, 4) is 0 Å². The first-order valence-electron chi connectivity index (χ1n) is 13.2. The first-order valence-corrected chi connectivity index (χ1v) is 13.2.